The van der Waals surface area contributed by atoms with Crippen LogP contribution >= 0.6 is 11.3 Å². The molecule has 1 aromatic heterocycles. The highest BCUT2D eigenvalue weighted by molar-refractivity contribution is 7.11. The molecule has 0 fully saturated rings. The second kappa shape index (κ2) is 5.16. The summed E-state index contributed by atoms with van der Waals surface area (Å²) in [6.07, 6.45) is 8.98. The fourth-order valence-electron chi connectivity index (χ4n) is 1.37. The largest absolute Gasteiger partial charge is 0.144 e. The van der Waals surface area contributed by atoms with Gasteiger partial charge in [0.15, 0.2) is 0 Å². The lowest BCUT2D eigenvalue weighted by atomic mass is 10.1. The van der Waals surface area contributed by atoms with Gasteiger partial charge in [-0.2, -0.15) is 0 Å². The van der Waals surface area contributed by atoms with Crippen molar-refractivity contribution in [2.24, 2.45) is 5.92 Å². The van der Waals surface area contributed by atoms with Gasteiger partial charge >= 0.3 is 0 Å². The average Bonchev–Trinajstić information content (AvgIpc) is 2.45. The topological polar surface area (TPSA) is 0 Å². The van der Waals surface area contributed by atoms with Crippen molar-refractivity contribution in [1.82, 2.24) is 0 Å². The molecule has 0 saturated heterocycles. The average molecular weight is 206 g/mol. The van der Waals surface area contributed by atoms with E-state index in [-0.39, 0.29) is 0 Å². The summed E-state index contributed by atoms with van der Waals surface area (Å²) in [5, 5.41) is 2.22. The van der Waals surface area contributed by atoms with E-state index in [1.54, 1.807) is 0 Å². The zero-order chi connectivity index (χ0) is 10.6. The van der Waals surface area contributed by atoms with Crippen LogP contribution in [0.5, 0.6) is 0 Å². The molecular formula is C13H18S. The second-order valence-corrected chi connectivity index (χ2v) is 4.19. The Hall–Kier alpha value is -0.820. The molecule has 1 aromatic rings. The van der Waals surface area contributed by atoms with Crippen LogP contribution in [-0.2, 0) is 0 Å². The number of hydrogen-bond acceptors (Lipinski definition) is 1. The molecule has 0 amide bonds. The van der Waals surface area contributed by atoms with Crippen molar-refractivity contribution in [3.8, 4) is 0 Å². The third-order valence-corrected chi connectivity index (χ3v) is 3.25. The molecule has 0 aliphatic heterocycles. The van der Waals surface area contributed by atoms with Gasteiger partial charge in [-0.15, -0.1) is 11.3 Å². The van der Waals surface area contributed by atoms with E-state index in [1.807, 2.05) is 25.2 Å². The van der Waals surface area contributed by atoms with Gasteiger partial charge in [0.1, 0.15) is 0 Å². The zero-order valence-electron chi connectivity index (χ0n) is 9.37. The smallest absolute Gasteiger partial charge is 0.0342 e. The van der Waals surface area contributed by atoms with Crippen molar-refractivity contribution in [3.05, 3.63) is 33.5 Å². The summed E-state index contributed by atoms with van der Waals surface area (Å²) >= 11 is 1.83. The number of fused-ring (bicyclic) bond motifs is 1. The molecule has 0 aromatic carbocycles. The van der Waals surface area contributed by atoms with Crippen LogP contribution in [0.15, 0.2) is 17.5 Å². The molecule has 1 atom stereocenters. The maximum absolute atomic E-state index is 2.25. The Morgan fingerprint density at radius 2 is 1.79 bits per heavy atom. The van der Waals surface area contributed by atoms with Gasteiger partial charge in [0.05, 0.1) is 0 Å². The van der Waals surface area contributed by atoms with E-state index < -0.39 is 0 Å². The molecule has 0 spiro atoms. The molecule has 14 heavy (non-hydrogen) atoms. The number of hydrogen-bond donors (Lipinski definition) is 0. The molecule has 0 nitrogen and oxygen atoms in total. The summed E-state index contributed by atoms with van der Waals surface area (Å²) in [6, 6.07) is 0. The first-order valence-electron chi connectivity index (χ1n) is 5.22. The monoisotopic (exact) mass is 206 g/mol. The van der Waals surface area contributed by atoms with E-state index in [9.17, 15) is 0 Å². The minimum Gasteiger partial charge on any atom is -0.144 e. The molecule has 0 radical (unpaired) electrons. The van der Waals surface area contributed by atoms with Crippen LogP contribution in [0.1, 0.15) is 36.8 Å². The molecule has 1 aliphatic rings. The predicted molar refractivity (Wildman–Crippen MR) is 67.6 cm³/mol. The van der Waals surface area contributed by atoms with Gasteiger partial charge < -0.3 is 0 Å². The van der Waals surface area contributed by atoms with Crippen LogP contribution in [0.25, 0.3) is 12.2 Å². The third kappa shape index (κ3) is 2.36. The van der Waals surface area contributed by atoms with Crippen LogP contribution < -0.4 is 0 Å². The maximum atomic E-state index is 2.25. The minimum absolute atomic E-state index is 0.573. The summed E-state index contributed by atoms with van der Waals surface area (Å²) in [5.74, 6) is 0.573. The molecular weight excluding hydrogens is 188 g/mol. The van der Waals surface area contributed by atoms with Crippen molar-refractivity contribution in [1.29, 1.82) is 0 Å². The molecule has 0 saturated carbocycles. The van der Waals surface area contributed by atoms with Crippen LogP contribution in [0.3, 0.4) is 0 Å². The summed E-state index contributed by atoms with van der Waals surface area (Å²) in [7, 11) is 0. The highest BCUT2D eigenvalue weighted by atomic mass is 32.1. The minimum atomic E-state index is 0.573. The van der Waals surface area contributed by atoms with E-state index in [1.165, 1.54) is 16.0 Å². The molecule has 76 valence electrons. The summed E-state index contributed by atoms with van der Waals surface area (Å²) in [5.41, 5.74) is 2.80. The number of aryl methyl sites for hydroxylation is 1. The highest BCUT2D eigenvalue weighted by Gasteiger charge is 2.06. The Balaban J connectivity index is 0.000000461. The van der Waals surface area contributed by atoms with Gasteiger partial charge in [0.2, 0.25) is 0 Å². The number of rotatable bonds is 0. The Morgan fingerprint density at radius 3 is 2.50 bits per heavy atom. The van der Waals surface area contributed by atoms with Crippen LogP contribution in [0, 0.1) is 12.8 Å². The maximum Gasteiger partial charge on any atom is 0.0342 e. The van der Waals surface area contributed by atoms with E-state index in [0.717, 1.165) is 0 Å². The van der Waals surface area contributed by atoms with Gasteiger partial charge in [-0.05, 0) is 35.4 Å². The Kier molecular flexibility index (Phi) is 4.15. The second-order valence-electron chi connectivity index (χ2n) is 3.27. The third-order valence-electron chi connectivity index (χ3n) is 2.17. The molecule has 0 N–H and O–H groups in total. The number of allylic oxidation sites excluding steroid dienone is 2. The molecule has 1 unspecified atom stereocenters. The number of thiophene rings is 1. The first-order valence-corrected chi connectivity index (χ1v) is 6.10. The standard InChI is InChI=1S/C11H12S.C2H6/c1-8-3-5-10-9(2)7-12-11(10)6-4-8;1-2/h3-8H,1-2H3;1-2H3. The fraction of sp³-hybridized carbons (Fsp3) is 0.385. The van der Waals surface area contributed by atoms with E-state index >= 15 is 0 Å². The molecule has 1 heterocycles. The van der Waals surface area contributed by atoms with Gasteiger partial charge in [0.25, 0.3) is 0 Å². The van der Waals surface area contributed by atoms with E-state index in [2.05, 4.69) is 43.5 Å². The van der Waals surface area contributed by atoms with Crippen molar-refractivity contribution >= 4 is 23.5 Å². The first-order chi connectivity index (χ1) is 6.77. The molecule has 1 aliphatic carbocycles. The highest BCUT2D eigenvalue weighted by Crippen LogP contribution is 2.27. The SMILES string of the molecule is CC.Cc1csc2c1C=CC(C)C=C2. The van der Waals surface area contributed by atoms with Crippen LogP contribution in [0.4, 0.5) is 0 Å². The normalized spacial score (nSPS) is 18.1. The molecule has 1 heteroatoms. The zero-order valence-corrected chi connectivity index (χ0v) is 10.2. The van der Waals surface area contributed by atoms with Gasteiger partial charge in [0, 0.05) is 4.88 Å². The van der Waals surface area contributed by atoms with Crippen molar-refractivity contribution in [3.63, 3.8) is 0 Å². The van der Waals surface area contributed by atoms with Gasteiger partial charge in [-0.25, -0.2) is 0 Å². The van der Waals surface area contributed by atoms with Gasteiger partial charge in [-0.1, -0.05) is 39.0 Å². The van der Waals surface area contributed by atoms with Crippen LogP contribution in [-0.4, -0.2) is 0 Å². The van der Waals surface area contributed by atoms with Crippen molar-refractivity contribution < 1.29 is 0 Å². The van der Waals surface area contributed by atoms with Crippen molar-refractivity contribution in [2.45, 2.75) is 27.7 Å². The summed E-state index contributed by atoms with van der Waals surface area (Å²) < 4.78 is 0. The quantitative estimate of drug-likeness (QED) is 0.574. The molecule has 2 rings (SSSR count). The fourth-order valence-corrected chi connectivity index (χ4v) is 2.31. The first kappa shape index (κ1) is 11.3. The Morgan fingerprint density at radius 1 is 1.14 bits per heavy atom. The summed E-state index contributed by atoms with van der Waals surface area (Å²) in [6.45, 7) is 8.38. The predicted octanol–water partition coefficient (Wildman–Crippen LogP) is 4.76. The van der Waals surface area contributed by atoms with Gasteiger partial charge in [-0.3, -0.25) is 0 Å². The molecule has 0 bridgehead atoms. The van der Waals surface area contributed by atoms with E-state index in [4.69, 9.17) is 0 Å². The van der Waals surface area contributed by atoms with Crippen LogP contribution in [0.2, 0.25) is 0 Å². The summed E-state index contributed by atoms with van der Waals surface area (Å²) in [4.78, 5) is 1.40. The Bertz CT molecular complexity index is 342. The lowest BCUT2D eigenvalue weighted by Crippen LogP contribution is -1.77. The Labute approximate surface area is 91.0 Å². The van der Waals surface area contributed by atoms with E-state index in [0.29, 0.717) is 5.92 Å². The lowest BCUT2D eigenvalue weighted by Gasteiger charge is -1.92. The van der Waals surface area contributed by atoms with Crippen molar-refractivity contribution in [2.75, 3.05) is 0 Å². The lowest BCUT2D eigenvalue weighted by molar-refractivity contribution is 0.954.